The highest BCUT2D eigenvalue weighted by Crippen LogP contribution is 2.63. The van der Waals surface area contributed by atoms with Crippen LogP contribution in [0.25, 0.3) is 5.78 Å². The fourth-order valence-electron chi connectivity index (χ4n) is 5.56. The van der Waals surface area contributed by atoms with Crippen molar-refractivity contribution in [1.29, 1.82) is 0 Å². The van der Waals surface area contributed by atoms with Crippen molar-refractivity contribution in [1.82, 2.24) is 29.5 Å². The monoisotopic (exact) mass is 462 g/mol. The molecule has 2 aliphatic carbocycles. The molecule has 4 atom stereocenters. The van der Waals surface area contributed by atoms with Crippen LogP contribution >= 0.6 is 0 Å². The SMILES string of the molecule is CC(=O)NC[C@H]1CN(C2C=CC(C34CC3CN(C(=O)c3cn5cccnc5n3)C4)=CC2)C(=O)O1. The molecule has 2 aromatic rings. The summed E-state index contributed by atoms with van der Waals surface area (Å²) in [6.45, 7) is 3.65. The molecular weight excluding hydrogens is 436 g/mol. The van der Waals surface area contributed by atoms with E-state index in [0.717, 1.165) is 13.0 Å². The number of likely N-dealkylation sites (tertiary alicyclic amines) is 1. The summed E-state index contributed by atoms with van der Waals surface area (Å²) < 4.78 is 7.16. The zero-order valence-electron chi connectivity index (χ0n) is 18.9. The molecule has 4 heterocycles. The maximum atomic E-state index is 13.1. The third-order valence-corrected chi connectivity index (χ3v) is 7.42. The Bertz CT molecular complexity index is 1220. The molecule has 1 N–H and O–H groups in total. The Labute approximate surface area is 196 Å². The average Bonchev–Trinajstić information content (AvgIpc) is 3.17. The quantitative estimate of drug-likeness (QED) is 0.720. The molecule has 10 nitrogen and oxygen atoms in total. The van der Waals surface area contributed by atoms with Crippen LogP contribution in [0.15, 0.2) is 48.5 Å². The number of allylic oxidation sites excluding steroid dienone is 1. The first kappa shape index (κ1) is 20.9. The molecule has 3 unspecified atom stereocenters. The van der Waals surface area contributed by atoms with Gasteiger partial charge in [-0.1, -0.05) is 18.2 Å². The second kappa shape index (κ2) is 7.68. The molecule has 0 radical (unpaired) electrons. The minimum Gasteiger partial charge on any atom is -0.442 e. The number of ether oxygens (including phenoxy) is 1. The lowest BCUT2D eigenvalue weighted by Gasteiger charge is -2.27. The van der Waals surface area contributed by atoms with E-state index in [1.165, 1.54) is 12.5 Å². The molecule has 2 aromatic heterocycles. The van der Waals surface area contributed by atoms with E-state index in [-0.39, 0.29) is 35.5 Å². The Morgan fingerprint density at radius 1 is 1.32 bits per heavy atom. The number of rotatable bonds is 5. The van der Waals surface area contributed by atoms with Gasteiger partial charge in [-0.3, -0.25) is 18.9 Å². The second-order valence-electron chi connectivity index (χ2n) is 9.61. The smallest absolute Gasteiger partial charge is 0.410 e. The molecule has 2 saturated heterocycles. The number of cyclic esters (lactones) is 1. The van der Waals surface area contributed by atoms with E-state index in [9.17, 15) is 14.4 Å². The third kappa shape index (κ3) is 3.44. The first-order valence-corrected chi connectivity index (χ1v) is 11.6. The molecule has 4 aliphatic rings. The van der Waals surface area contributed by atoms with Crippen molar-refractivity contribution in [3.8, 4) is 0 Å². The minimum atomic E-state index is -0.344. The molecule has 1 saturated carbocycles. The fourth-order valence-corrected chi connectivity index (χ4v) is 5.56. The number of hydrogen-bond donors (Lipinski definition) is 1. The molecule has 10 heteroatoms. The lowest BCUT2D eigenvalue weighted by atomic mass is 9.88. The van der Waals surface area contributed by atoms with Crippen LogP contribution in [0, 0.1) is 11.3 Å². The number of fused-ring (bicyclic) bond motifs is 2. The lowest BCUT2D eigenvalue weighted by Crippen LogP contribution is -2.38. The Morgan fingerprint density at radius 2 is 2.21 bits per heavy atom. The summed E-state index contributed by atoms with van der Waals surface area (Å²) in [7, 11) is 0. The van der Waals surface area contributed by atoms with Gasteiger partial charge >= 0.3 is 6.09 Å². The number of amides is 3. The average molecular weight is 463 g/mol. The molecule has 0 aromatic carbocycles. The molecule has 3 amide bonds. The van der Waals surface area contributed by atoms with E-state index < -0.39 is 0 Å². The van der Waals surface area contributed by atoms with Crippen molar-refractivity contribution in [3.05, 3.63) is 54.2 Å². The van der Waals surface area contributed by atoms with Crippen LogP contribution < -0.4 is 5.32 Å². The summed E-state index contributed by atoms with van der Waals surface area (Å²) in [6, 6.07) is 1.75. The number of piperidine rings is 1. The van der Waals surface area contributed by atoms with Crippen LogP contribution in [0.3, 0.4) is 0 Å². The molecular formula is C24H26N6O4. The van der Waals surface area contributed by atoms with E-state index in [2.05, 4.69) is 33.5 Å². The van der Waals surface area contributed by atoms with Gasteiger partial charge < -0.3 is 15.0 Å². The van der Waals surface area contributed by atoms with E-state index in [1.54, 1.807) is 21.7 Å². The Kier molecular flexibility index (Phi) is 4.72. The van der Waals surface area contributed by atoms with Crippen molar-refractivity contribution in [3.63, 3.8) is 0 Å². The van der Waals surface area contributed by atoms with Gasteiger partial charge in [-0.25, -0.2) is 14.8 Å². The van der Waals surface area contributed by atoms with Gasteiger partial charge in [-0.15, -0.1) is 0 Å². The standard InChI is InChI=1S/C24H26N6O4/c1-15(31)26-10-19-12-30(23(33)34-19)18-5-3-16(4-6-18)24-9-17(24)11-29(14-24)21(32)20-13-28-8-2-7-25-22(28)27-20/h2-5,7-8,13,17-19H,6,9-12,14H2,1H3,(H,26,31)/t17?,18?,19-,24?/m0/s1. The largest absolute Gasteiger partial charge is 0.442 e. The van der Waals surface area contributed by atoms with E-state index in [4.69, 9.17) is 4.74 Å². The van der Waals surface area contributed by atoms with Crippen LogP contribution in [0.2, 0.25) is 0 Å². The van der Waals surface area contributed by atoms with Crippen molar-refractivity contribution in [2.45, 2.75) is 31.9 Å². The van der Waals surface area contributed by atoms with Crippen molar-refractivity contribution < 1.29 is 19.1 Å². The van der Waals surface area contributed by atoms with Crippen LogP contribution in [0.4, 0.5) is 4.79 Å². The Hall–Kier alpha value is -3.69. The lowest BCUT2D eigenvalue weighted by molar-refractivity contribution is -0.119. The maximum absolute atomic E-state index is 13.1. The zero-order chi connectivity index (χ0) is 23.4. The second-order valence-corrected chi connectivity index (χ2v) is 9.61. The molecule has 0 bridgehead atoms. The van der Waals surface area contributed by atoms with Crippen LogP contribution in [0.5, 0.6) is 0 Å². The predicted octanol–water partition coefficient (Wildman–Crippen LogP) is 1.40. The van der Waals surface area contributed by atoms with Gasteiger partial charge in [0.05, 0.1) is 19.1 Å². The number of nitrogens with zero attached hydrogens (tertiary/aromatic N) is 5. The van der Waals surface area contributed by atoms with Crippen LogP contribution in [-0.2, 0) is 9.53 Å². The van der Waals surface area contributed by atoms with Gasteiger partial charge in [0, 0.05) is 44.0 Å². The Balaban J connectivity index is 1.09. The molecule has 6 rings (SSSR count). The van der Waals surface area contributed by atoms with Crippen molar-refractivity contribution >= 4 is 23.7 Å². The highest BCUT2D eigenvalue weighted by molar-refractivity contribution is 5.93. The third-order valence-electron chi connectivity index (χ3n) is 7.42. The molecule has 2 aliphatic heterocycles. The number of carbonyl (C=O) groups excluding carboxylic acids is 3. The molecule has 176 valence electrons. The van der Waals surface area contributed by atoms with E-state index >= 15 is 0 Å². The van der Waals surface area contributed by atoms with Gasteiger partial charge in [0.15, 0.2) is 0 Å². The normalized spacial score (nSPS) is 29.7. The number of carbonyl (C=O) groups is 3. The molecule has 0 spiro atoms. The number of nitrogens with one attached hydrogen (secondary N) is 1. The highest BCUT2D eigenvalue weighted by Gasteiger charge is 2.62. The van der Waals surface area contributed by atoms with Gasteiger partial charge in [-0.2, -0.15) is 0 Å². The maximum Gasteiger partial charge on any atom is 0.410 e. The number of imidazole rings is 1. The zero-order valence-corrected chi connectivity index (χ0v) is 18.9. The van der Waals surface area contributed by atoms with Crippen molar-refractivity contribution in [2.24, 2.45) is 11.3 Å². The summed E-state index contributed by atoms with van der Waals surface area (Å²) in [5.74, 6) is 0.784. The summed E-state index contributed by atoms with van der Waals surface area (Å²) in [4.78, 5) is 48.8. The Morgan fingerprint density at radius 3 is 2.97 bits per heavy atom. The highest BCUT2D eigenvalue weighted by atomic mass is 16.6. The first-order chi connectivity index (χ1) is 16.4. The van der Waals surface area contributed by atoms with Crippen LogP contribution in [-0.4, -0.2) is 80.4 Å². The van der Waals surface area contributed by atoms with Gasteiger partial charge in [0.1, 0.15) is 11.8 Å². The van der Waals surface area contributed by atoms with Gasteiger partial charge in [0.25, 0.3) is 5.91 Å². The molecule has 3 fully saturated rings. The topological polar surface area (TPSA) is 109 Å². The van der Waals surface area contributed by atoms with E-state index in [1.807, 2.05) is 17.2 Å². The number of aromatic nitrogens is 3. The van der Waals surface area contributed by atoms with Gasteiger partial charge in [-0.05, 0) is 30.4 Å². The summed E-state index contributed by atoms with van der Waals surface area (Å²) in [6.07, 6.45) is 12.8. The summed E-state index contributed by atoms with van der Waals surface area (Å²) >= 11 is 0. The first-order valence-electron chi connectivity index (χ1n) is 11.6. The molecule has 34 heavy (non-hydrogen) atoms. The van der Waals surface area contributed by atoms with Crippen molar-refractivity contribution in [2.75, 3.05) is 26.2 Å². The van der Waals surface area contributed by atoms with Crippen LogP contribution in [0.1, 0.15) is 30.3 Å². The summed E-state index contributed by atoms with van der Waals surface area (Å²) in [5, 5.41) is 2.70. The fraction of sp³-hybridized carbons (Fsp3) is 0.458. The van der Waals surface area contributed by atoms with Gasteiger partial charge in [0.2, 0.25) is 11.7 Å². The predicted molar refractivity (Wildman–Crippen MR) is 121 cm³/mol. The number of hydrogen-bond acceptors (Lipinski definition) is 6. The minimum absolute atomic E-state index is 0.00794. The van der Waals surface area contributed by atoms with E-state index in [0.29, 0.717) is 43.4 Å². The summed E-state index contributed by atoms with van der Waals surface area (Å²) in [5.41, 5.74) is 1.68.